The van der Waals surface area contributed by atoms with Gasteiger partial charge >= 0.3 is 159 Å². The van der Waals surface area contributed by atoms with Crippen LogP contribution in [0, 0.1) is 0 Å². The van der Waals surface area contributed by atoms with Gasteiger partial charge in [0.1, 0.15) is 0 Å². The molecule has 0 unspecified atom stereocenters. The van der Waals surface area contributed by atoms with Gasteiger partial charge < -0.3 is 0 Å². The molecule has 0 aliphatic carbocycles. The van der Waals surface area contributed by atoms with Gasteiger partial charge in [-0.2, -0.15) is 0 Å². The monoisotopic (exact) mass is 448 g/mol. The van der Waals surface area contributed by atoms with Gasteiger partial charge in [0.2, 0.25) is 0 Å². The van der Waals surface area contributed by atoms with E-state index in [1.807, 2.05) is 54.4 Å². The van der Waals surface area contributed by atoms with Crippen LogP contribution in [0.1, 0.15) is 18.1 Å². The average Bonchev–Trinajstić information content (AvgIpc) is 2.80. The Morgan fingerprint density at radius 1 is 1.08 bits per heavy atom. The zero-order valence-corrected chi connectivity index (χ0v) is 16.8. The first-order chi connectivity index (χ1) is 11.5. The Morgan fingerprint density at radius 3 is 2.29 bits per heavy atom. The third kappa shape index (κ3) is 3.25. The van der Waals surface area contributed by atoms with Crippen LogP contribution < -0.4 is 4.90 Å². The summed E-state index contributed by atoms with van der Waals surface area (Å²) in [4.78, 5) is 16.5. The Hall–Kier alpha value is -1.68. The van der Waals surface area contributed by atoms with Crippen LogP contribution in [0.4, 0.5) is 5.69 Å². The molecule has 2 aromatic carbocycles. The molecule has 3 nitrogen and oxygen atoms in total. The molecule has 0 aromatic heterocycles. The Morgan fingerprint density at radius 2 is 1.71 bits per heavy atom. The van der Waals surface area contributed by atoms with Gasteiger partial charge in [-0.05, 0) is 0 Å². The molecule has 0 N–H and O–H groups in total. The van der Waals surface area contributed by atoms with E-state index in [0.29, 0.717) is 5.70 Å². The van der Waals surface area contributed by atoms with Crippen molar-refractivity contribution in [2.45, 2.75) is 13.3 Å². The molecule has 3 rings (SSSR count). The van der Waals surface area contributed by atoms with Crippen molar-refractivity contribution in [2.24, 2.45) is 0 Å². The maximum absolute atomic E-state index is 12.9. The number of likely N-dealkylation sites (N-methyl/N-ethyl adjacent to an activating group) is 1. The normalized spacial score (nSPS) is 16.4. The van der Waals surface area contributed by atoms with Crippen molar-refractivity contribution in [3.8, 4) is 0 Å². The Kier molecular flexibility index (Phi) is 5.04. The summed E-state index contributed by atoms with van der Waals surface area (Å²) < 4.78 is 1.80. The van der Waals surface area contributed by atoms with E-state index in [1.165, 1.54) is 5.56 Å². The van der Waals surface area contributed by atoms with Crippen LogP contribution >= 0.6 is 15.9 Å². The molecule has 1 aliphatic rings. The second-order valence-electron chi connectivity index (χ2n) is 5.58. The molecule has 5 heteroatoms. The topological polar surface area (TPSA) is 23.6 Å². The molecule has 1 saturated heterocycles. The van der Waals surface area contributed by atoms with Gasteiger partial charge in [0, 0.05) is 0 Å². The summed E-state index contributed by atoms with van der Waals surface area (Å²) in [5.74, 6) is -0.0292. The fraction of sp³-hybridized carbons (Fsp3) is 0.158. The molecule has 0 bridgehead atoms. The van der Waals surface area contributed by atoms with E-state index < -0.39 is 0 Å². The van der Waals surface area contributed by atoms with E-state index in [2.05, 4.69) is 50.6 Å². The summed E-state index contributed by atoms with van der Waals surface area (Å²) in [7, 11) is 1.90. The van der Waals surface area contributed by atoms with Crippen LogP contribution in [0.2, 0.25) is 0 Å². The average molecular weight is 448 g/mol. The van der Waals surface area contributed by atoms with Crippen LogP contribution in [0.3, 0.4) is 0 Å². The van der Waals surface area contributed by atoms with Crippen molar-refractivity contribution >= 4 is 53.8 Å². The van der Waals surface area contributed by atoms with Crippen molar-refractivity contribution < 1.29 is 4.79 Å². The van der Waals surface area contributed by atoms with Crippen molar-refractivity contribution in [3.63, 3.8) is 0 Å². The predicted molar refractivity (Wildman–Crippen MR) is 104 cm³/mol. The quantitative estimate of drug-likeness (QED) is 0.530. The third-order valence-corrected chi connectivity index (χ3v) is 5.52. The molecule has 1 heterocycles. The van der Waals surface area contributed by atoms with Gasteiger partial charge in [0.05, 0.1) is 0 Å². The van der Waals surface area contributed by atoms with Gasteiger partial charge in [-0.15, -0.1) is 0 Å². The number of carbonyl (C=O) groups excluding carboxylic acids is 1. The Bertz CT molecular complexity index is 812. The summed E-state index contributed by atoms with van der Waals surface area (Å²) in [5, 5.41) is 0. The van der Waals surface area contributed by atoms with Crippen LogP contribution in [0.15, 0.2) is 58.7 Å². The fourth-order valence-electron chi connectivity index (χ4n) is 2.58. The molecule has 2 aromatic rings. The van der Waals surface area contributed by atoms with Gasteiger partial charge in [-0.3, -0.25) is 0 Å². The van der Waals surface area contributed by atoms with E-state index in [0.717, 1.165) is 26.8 Å². The molecule has 122 valence electrons. The molecular weight excluding hydrogens is 431 g/mol. The van der Waals surface area contributed by atoms with E-state index in [4.69, 9.17) is 0 Å². The molecule has 0 saturated carbocycles. The van der Waals surface area contributed by atoms with Crippen LogP contribution in [0.25, 0.3) is 6.08 Å². The molecule has 1 amide bonds. The molecule has 0 radical (unpaired) electrons. The molecule has 1 fully saturated rings. The predicted octanol–water partition coefficient (Wildman–Crippen LogP) is 3.59. The summed E-state index contributed by atoms with van der Waals surface area (Å²) in [5.41, 5.74) is 3.76. The standard InChI is InChI=1S/C19H17BrN2OSe/c1-3-13-6-10-16(11-7-13)22-18(23)17(21(2)19(22)24)12-14-4-8-15(20)9-5-14/h4-12H,3H2,1-2H3/b17-12+. The number of benzene rings is 2. The van der Waals surface area contributed by atoms with Crippen molar-refractivity contribution in [2.75, 3.05) is 11.9 Å². The number of amides is 1. The first-order valence-corrected chi connectivity index (χ1v) is 9.34. The minimum atomic E-state index is -0.0292. The number of hydrogen-bond donors (Lipinski definition) is 0. The molecule has 0 atom stereocenters. The second-order valence-corrected chi connectivity index (χ2v) is 7.27. The number of aryl methyl sites for hydroxylation is 1. The number of halogens is 1. The zero-order chi connectivity index (χ0) is 17.3. The molecule has 1 aliphatic heterocycles. The first kappa shape index (κ1) is 17.2. The van der Waals surface area contributed by atoms with Crippen molar-refractivity contribution in [3.05, 3.63) is 69.8 Å². The van der Waals surface area contributed by atoms with E-state index in [-0.39, 0.29) is 5.91 Å². The van der Waals surface area contributed by atoms with E-state index in [1.54, 1.807) is 4.90 Å². The minimum absolute atomic E-state index is 0.0292. The number of hydrogen-bond acceptors (Lipinski definition) is 2. The fourth-order valence-corrected chi connectivity index (χ4v) is 3.45. The zero-order valence-electron chi connectivity index (χ0n) is 13.5. The second kappa shape index (κ2) is 7.06. The van der Waals surface area contributed by atoms with E-state index in [9.17, 15) is 4.79 Å². The number of rotatable bonds is 3. The number of anilines is 1. The molecule has 24 heavy (non-hydrogen) atoms. The van der Waals surface area contributed by atoms with Crippen LogP contribution in [0.5, 0.6) is 0 Å². The summed E-state index contributed by atoms with van der Waals surface area (Å²) in [6.07, 6.45) is 2.89. The molecule has 0 spiro atoms. The van der Waals surface area contributed by atoms with Gasteiger partial charge in [0.25, 0.3) is 0 Å². The van der Waals surface area contributed by atoms with Crippen LogP contribution in [-0.2, 0) is 11.2 Å². The Labute approximate surface area is 158 Å². The van der Waals surface area contributed by atoms with Crippen molar-refractivity contribution in [1.29, 1.82) is 0 Å². The first-order valence-electron chi connectivity index (χ1n) is 7.69. The Balaban J connectivity index is 1.95. The van der Waals surface area contributed by atoms with Crippen LogP contribution in [-0.4, -0.2) is 38.1 Å². The maximum atomic E-state index is 12.9. The van der Waals surface area contributed by atoms with E-state index >= 15 is 0 Å². The summed E-state index contributed by atoms with van der Waals surface area (Å²) in [6, 6.07) is 16.0. The summed E-state index contributed by atoms with van der Waals surface area (Å²) >= 11 is 6.45. The number of carbonyl (C=O) groups is 1. The van der Waals surface area contributed by atoms with Gasteiger partial charge in [-0.25, -0.2) is 0 Å². The van der Waals surface area contributed by atoms with Gasteiger partial charge in [-0.1, -0.05) is 0 Å². The van der Waals surface area contributed by atoms with Gasteiger partial charge in [0.15, 0.2) is 0 Å². The van der Waals surface area contributed by atoms with Crippen molar-refractivity contribution in [1.82, 2.24) is 4.90 Å². The molecular formula is C19H17BrN2OSe. The summed E-state index contributed by atoms with van der Waals surface area (Å²) in [6.45, 7) is 2.12. The number of nitrogens with zero attached hydrogens (tertiary/aromatic N) is 2. The SMILES string of the molecule is CCc1ccc(N2C(=O)/C(=C\c3ccc(Br)cc3)N(C)C2=[Se])cc1. The third-order valence-electron chi connectivity index (χ3n) is 4.04.